The summed E-state index contributed by atoms with van der Waals surface area (Å²) in [5.74, 6) is 2.03. The van der Waals surface area contributed by atoms with Crippen molar-refractivity contribution in [2.75, 3.05) is 31.5 Å². The predicted octanol–water partition coefficient (Wildman–Crippen LogP) is 3.40. The second-order valence-corrected chi connectivity index (χ2v) is 9.92. The van der Waals surface area contributed by atoms with Gasteiger partial charge in [0, 0.05) is 61.3 Å². The monoisotopic (exact) mass is 485 g/mol. The zero-order chi connectivity index (χ0) is 24.8. The van der Waals surface area contributed by atoms with Gasteiger partial charge in [0.15, 0.2) is 5.75 Å². The molecule has 3 aromatic rings. The minimum absolute atomic E-state index is 0.0316. The number of hydrogen-bond donors (Lipinski definition) is 1. The van der Waals surface area contributed by atoms with Gasteiger partial charge in [0.1, 0.15) is 12.4 Å². The molecule has 36 heavy (non-hydrogen) atoms. The molecule has 3 aliphatic heterocycles. The highest BCUT2D eigenvalue weighted by molar-refractivity contribution is 5.87. The van der Waals surface area contributed by atoms with Crippen molar-refractivity contribution in [3.05, 3.63) is 60.3 Å². The van der Waals surface area contributed by atoms with E-state index in [9.17, 15) is 4.79 Å². The highest BCUT2D eigenvalue weighted by Crippen LogP contribution is 2.40. The second-order valence-electron chi connectivity index (χ2n) is 9.92. The maximum atomic E-state index is 11.8. The Morgan fingerprint density at radius 2 is 2.08 bits per heavy atom. The number of carbonyl (C=O) groups is 1. The molecular formula is C27H31N7O2. The summed E-state index contributed by atoms with van der Waals surface area (Å²) in [6, 6.07) is 4.61. The number of piperidine rings is 1. The van der Waals surface area contributed by atoms with Crippen LogP contribution in [0.5, 0.6) is 5.75 Å². The molecule has 0 aromatic carbocycles. The van der Waals surface area contributed by atoms with Crippen molar-refractivity contribution in [1.29, 1.82) is 0 Å². The molecular weight excluding hydrogens is 454 g/mol. The van der Waals surface area contributed by atoms with Crippen molar-refractivity contribution >= 4 is 17.4 Å². The summed E-state index contributed by atoms with van der Waals surface area (Å²) in [7, 11) is 1.92. The highest BCUT2D eigenvalue weighted by Gasteiger charge is 2.36. The van der Waals surface area contributed by atoms with Gasteiger partial charge >= 0.3 is 0 Å². The normalized spacial score (nSPS) is 18.3. The average molecular weight is 486 g/mol. The number of fused-ring (bicyclic) bond motifs is 2. The molecule has 3 aliphatic rings. The molecule has 9 nitrogen and oxygen atoms in total. The summed E-state index contributed by atoms with van der Waals surface area (Å²) in [4.78, 5) is 25.7. The van der Waals surface area contributed by atoms with E-state index >= 15 is 0 Å². The van der Waals surface area contributed by atoms with E-state index in [1.807, 2.05) is 43.5 Å². The first-order valence-electron chi connectivity index (χ1n) is 12.5. The Balaban J connectivity index is 1.19. The van der Waals surface area contributed by atoms with E-state index in [1.54, 1.807) is 4.68 Å². The van der Waals surface area contributed by atoms with Gasteiger partial charge < -0.3 is 15.0 Å². The molecule has 6 rings (SSSR count). The highest BCUT2D eigenvalue weighted by atomic mass is 16.5. The Morgan fingerprint density at radius 1 is 1.28 bits per heavy atom. The van der Waals surface area contributed by atoms with Gasteiger partial charge in [-0.25, -0.2) is 4.98 Å². The molecule has 1 amide bonds. The van der Waals surface area contributed by atoms with Crippen LogP contribution in [0, 0.1) is 6.92 Å². The van der Waals surface area contributed by atoms with Gasteiger partial charge in [-0.15, -0.1) is 0 Å². The molecule has 0 aliphatic carbocycles. The molecule has 0 atom stereocenters. The molecule has 0 saturated carbocycles. The van der Waals surface area contributed by atoms with Crippen LogP contribution in [-0.2, 0) is 18.4 Å². The van der Waals surface area contributed by atoms with Crippen molar-refractivity contribution < 1.29 is 9.53 Å². The SMILES string of the molecule is C=CC(=O)N1CC(N2CCC(c3cc4c(c(C)n3)OCc3c(-c5cnn(C)c5)ccnc3N4)CC2)C1. The maximum absolute atomic E-state index is 11.8. The molecule has 0 bridgehead atoms. The van der Waals surface area contributed by atoms with Crippen LogP contribution in [0.2, 0.25) is 0 Å². The fraction of sp³-hybridized carbons (Fsp3) is 0.407. The Labute approximate surface area is 210 Å². The lowest BCUT2D eigenvalue weighted by molar-refractivity contribution is -0.133. The minimum atomic E-state index is 0.0316. The van der Waals surface area contributed by atoms with Crippen LogP contribution < -0.4 is 10.1 Å². The predicted molar refractivity (Wildman–Crippen MR) is 137 cm³/mol. The standard InChI is InChI=1S/C27H31N7O2/c1-4-25(35)34-14-20(15-34)33-9-6-18(7-10-33)23-11-24-26(17(2)30-23)36-16-22-21(5-8-28-27(22)31-24)19-12-29-32(3)13-19/h4-5,8,11-13,18,20H,1,6-7,9-10,14-16H2,2-3H3,(H,28,31). The molecule has 6 heterocycles. The first-order valence-corrected chi connectivity index (χ1v) is 12.5. The molecule has 1 N–H and O–H groups in total. The summed E-state index contributed by atoms with van der Waals surface area (Å²) < 4.78 is 8.09. The van der Waals surface area contributed by atoms with Crippen molar-refractivity contribution in [3.63, 3.8) is 0 Å². The summed E-state index contributed by atoms with van der Waals surface area (Å²) >= 11 is 0. The van der Waals surface area contributed by atoms with E-state index < -0.39 is 0 Å². The minimum Gasteiger partial charge on any atom is -0.485 e. The lowest BCUT2D eigenvalue weighted by Gasteiger charge is -2.47. The van der Waals surface area contributed by atoms with E-state index in [2.05, 4.69) is 32.9 Å². The number of nitrogens with one attached hydrogen (secondary N) is 1. The Kier molecular flexibility index (Phi) is 5.72. The number of aromatic nitrogens is 4. The van der Waals surface area contributed by atoms with Crippen LogP contribution in [-0.4, -0.2) is 67.7 Å². The van der Waals surface area contributed by atoms with Gasteiger partial charge in [0.05, 0.1) is 17.6 Å². The van der Waals surface area contributed by atoms with Gasteiger partial charge in [0.25, 0.3) is 0 Å². The molecule has 2 fully saturated rings. The van der Waals surface area contributed by atoms with Crippen molar-refractivity contribution in [3.8, 4) is 16.9 Å². The van der Waals surface area contributed by atoms with Crippen molar-refractivity contribution in [2.24, 2.45) is 7.05 Å². The van der Waals surface area contributed by atoms with Crippen LogP contribution >= 0.6 is 0 Å². The second kappa shape index (κ2) is 9.05. The molecule has 9 heteroatoms. The zero-order valence-electron chi connectivity index (χ0n) is 20.8. The smallest absolute Gasteiger partial charge is 0.246 e. The number of carbonyl (C=O) groups excluding carboxylic acids is 1. The number of pyridine rings is 2. The van der Waals surface area contributed by atoms with Crippen molar-refractivity contribution in [1.82, 2.24) is 29.5 Å². The largest absolute Gasteiger partial charge is 0.485 e. The number of anilines is 2. The van der Waals surface area contributed by atoms with E-state index in [0.717, 1.165) is 84.4 Å². The number of ether oxygens (including phenoxy) is 1. The number of aryl methyl sites for hydroxylation is 2. The van der Waals surface area contributed by atoms with Crippen LogP contribution in [0.15, 0.2) is 43.4 Å². The number of nitrogens with zero attached hydrogens (tertiary/aromatic N) is 6. The molecule has 0 radical (unpaired) electrons. The molecule has 0 spiro atoms. The summed E-state index contributed by atoms with van der Waals surface area (Å²) in [5.41, 5.74) is 6.04. The fourth-order valence-electron chi connectivity index (χ4n) is 5.57. The maximum Gasteiger partial charge on any atom is 0.246 e. The molecule has 3 aromatic heterocycles. The van der Waals surface area contributed by atoms with E-state index in [4.69, 9.17) is 9.72 Å². The van der Waals surface area contributed by atoms with Gasteiger partial charge in [0.2, 0.25) is 5.91 Å². The Morgan fingerprint density at radius 3 is 2.81 bits per heavy atom. The fourth-order valence-corrected chi connectivity index (χ4v) is 5.57. The number of amides is 1. The Bertz CT molecular complexity index is 1320. The van der Waals surface area contributed by atoms with Gasteiger partial charge in [-0.3, -0.25) is 19.4 Å². The Hall–Kier alpha value is -3.72. The first kappa shape index (κ1) is 22.7. The van der Waals surface area contributed by atoms with E-state index in [1.165, 1.54) is 6.08 Å². The van der Waals surface area contributed by atoms with Crippen molar-refractivity contribution in [2.45, 2.75) is 38.3 Å². The van der Waals surface area contributed by atoms with Crippen LogP contribution in [0.4, 0.5) is 11.5 Å². The number of hydrogen-bond acceptors (Lipinski definition) is 7. The van der Waals surface area contributed by atoms with Crippen LogP contribution in [0.1, 0.15) is 35.7 Å². The molecule has 2 saturated heterocycles. The third-order valence-corrected chi connectivity index (χ3v) is 7.66. The van der Waals surface area contributed by atoms with Gasteiger partial charge in [-0.2, -0.15) is 5.10 Å². The lowest BCUT2D eigenvalue weighted by Crippen LogP contribution is -2.61. The summed E-state index contributed by atoms with van der Waals surface area (Å²) in [5, 5.41) is 7.87. The van der Waals surface area contributed by atoms with Gasteiger partial charge in [-0.05, 0) is 56.6 Å². The summed E-state index contributed by atoms with van der Waals surface area (Å²) in [6.07, 6.45) is 9.21. The third-order valence-electron chi connectivity index (χ3n) is 7.66. The summed E-state index contributed by atoms with van der Waals surface area (Å²) in [6.45, 7) is 9.67. The zero-order valence-corrected chi connectivity index (χ0v) is 20.8. The first-order chi connectivity index (χ1) is 17.5. The van der Waals surface area contributed by atoms with E-state index in [0.29, 0.717) is 18.6 Å². The quantitative estimate of drug-likeness (QED) is 0.567. The molecule has 0 unspecified atom stereocenters. The molecule has 186 valence electrons. The van der Waals surface area contributed by atoms with Crippen LogP contribution in [0.3, 0.4) is 0 Å². The average Bonchev–Trinajstić information content (AvgIpc) is 3.19. The lowest BCUT2D eigenvalue weighted by atomic mass is 9.90. The number of likely N-dealkylation sites (tertiary alicyclic amines) is 2. The topological polar surface area (TPSA) is 88.4 Å². The third kappa shape index (κ3) is 4.03. The van der Waals surface area contributed by atoms with Gasteiger partial charge in [-0.1, -0.05) is 6.58 Å². The van der Waals surface area contributed by atoms with Crippen LogP contribution in [0.25, 0.3) is 11.1 Å². The van der Waals surface area contributed by atoms with E-state index in [-0.39, 0.29) is 5.91 Å². The number of rotatable bonds is 4.